The normalized spacial score (nSPS) is 16.4. The number of carbonyl (C=O) groups is 2. The highest BCUT2D eigenvalue weighted by molar-refractivity contribution is 6.07. The summed E-state index contributed by atoms with van der Waals surface area (Å²) in [5.74, 6) is 0.701. The van der Waals surface area contributed by atoms with E-state index in [0.717, 1.165) is 5.56 Å². The summed E-state index contributed by atoms with van der Waals surface area (Å²) >= 11 is 0. The van der Waals surface area contributed by atoms with Crippen LogP contribution in [0.25, 0.3) is 0 Å². The second-order valence-corrected chi connectivity index (χ2v) is 6.79. The molecule has 0 aliphatic carbocycles. The number of amides is 3. The molecule has 2 aromatic carbocycles. The van der Waals surface area contributed by atoms with Crippen molar-refractivity contribution in [3.05, 3.63) is 64.9 Å². The number of nitrogens with zero attached hydrogens (tertiary/aromatic N) is 1. The molecule has 152 valence electrons. The van der Waals surface area contributed by atoms with Crippen LogP contribution in [0, 0.1) is 6.92 Å². The lowest BCUT2D eigenvalue weighted by Gasteiger charge is -2.34. The van der Waals surface area contributed by atoms with Crippen LogP contribution < -0.4 is 20.1 Å². The van der Waals surface area contributed by atoms with Gasteiger partial charge >= 0.3 is 6.03 Å². The first kappa shape index (κ1) is 20.3. The number of urea groups is 1. The number of nitrogens with one attached hydrogen (secondary N) is 2. The molecule has 1 heterocycles. The molecule has 1 aliphatic heterocycles. The van der Waals surface area contributed by atoms with Gasteiger partial charge in [0.1, 0.15) is 0 Å². The molecule has 2 N–H and O–H groups in total. The molecule has 0 saturated heterocycles. The van der Waals surface area contributed by atoms with Crippen molar-refractivity contribution in [3.63, 3.8) is 0 Å². The van der Waals surface area contributed by atoms with Gasteiger partial charge in [-0.3, -0.25) is 4.79 Å². The fourth-order valence-corrected chi connectivity index (χ4v) is 3.41. The van der Waals surface area contributed by atoms with E-state index >= 15 is 0 Å². The zero-order valence-corrected chi connectivity index (χ0v) is 17.2. The van der Waals surface area contributed by atoms with Crippen LogP contribution in [0.5, 0.6) is 11.5 Å². The van der Waals surface area contributed by atoms with Gasteiger partial charge < -0.3 is 25.0 Å². The third-order valence-electron chi connectivity index (χ3n) is 5.14. The van der Waals surface area contributed by atoms with E-state index in [2.05, 4.69) is 10.6 Å². The minimum absolute atomic E-state index is 0.293. The fraction of sp³-hybridized carbons (Fsp3) is 0.273. The molecule has 0 radical (unpaired) electrons. The van der Waals surface area contributed by atoms with E-state index in [-0.39, 0.29) is 11.9 Å². The van der Waals surface area contributed by atoms with Gasteiger partial charge in [-0.25, -0.2) is 4.79 Å². The van der Waals surface area contributed by atoms with E-state index < -0.39 is 6.04 Å². The van der Waals surface area contributed by atoms with E-state index in [9.17, 15) is 9.59 Å². The smallest absolute Gasteiger partial charge is 0.322 e. The Hall–Kier alpha value is -3.48. The first-order chi connectivity index (χ1) is 13.9. The summed E-state index contributed by atoms with van der Waals surface area (Å²) in [6.45, 7) is 3.68. The molecule has 2 aromatic rings. The van der Waals surface area contributed by atoms with Crippen molar-refractivity contribution >= 4 is 17.6 Å². The summed E-state index contributed by atoms with van der Waals surface area (Å²) in [6, 6.07) is 11.9. The van der Waals surface area contributed by atoms with Crippen molar-refractivity contribution in [1.82, 2.24) is 10.2 Å². The number of carbonyl (C=O) groups excluding carboxylic acids is 2. The Kier molecular flexibility index (Phi) is 5.77. The van der Waals surface area contributed by atoms with Crippen LogP contribution in [0.15, 0.2) is 53.7 Å². The molecule has 7 nitrogen and oxygen atoms in total. The lowest BCUT2D eigenvalue weighted by molar-refractivity contribution is -0.113. The van der Waals surface area contributed by atoms with Gasteiger partial charge in [-0.2, -0.15) is 0 Å². The molecule has 0 aromatic heterocycles. The number of anilines is 1. The van der Waals surface area contributed by atoms with E-state index in [1.54, 1.807) is 33.2 Å². The molecule has 0 saturated carbocycles. The molecular weight excluding hydrogens is 370 g/mol. The third kappa shape index (κ3) is 3.76. The number of hydrogen-bond acceptors (Lipinski definition) is 4. The molecule has 7 heteroatoms. The molecular formula is C22H25N3O4. The van der Waals surface area contributed by atoms with Crippen molar-refractivity contribution in [2.45, 2.75) is 19.9 Å². The molecule has 0 bridgehead atoms. The van der Waals surface area contributed by atoms with Gasteiger partial charge in [0.15, 0.2) is 11.5 Å². The highest BCUT2D eigenvalue weighted by Crippen LogP contribution is 2.40. The van der Waals surface area contributed by atoms with Crippen molar-refractivity contribution in [2.24, 2.45) is 0 Å². The number of ether oxygens (including phenoxy) is 2. The summed E-state index contributed by atoms with van der Waals surface area (Å²) in [5, 5.41) is 5.87. The number of hydrogen-bond donors (Lipinski definition) is 2. The second kappa shape index (κ2) is 8.26. The standard InChI is InChI=1S/C22H25N3O4/c1-13-9-6-7-11-16(13)23-21(26)18-14(2)25(3)22(27)24-19(18)15-10-8-12-17(28-4)20(15)29-5/h6-12,19H,1-5H3,(H,23,26)(H,24,27). The van der Waals surface area contributed by atoms with Crippen LogP contribution in [0.1, 0.15) is 24.1 Å². The van der Waals surface area contributed by atoms with Crippen molar-refractivity contribution < 1.29 is 19.1 Å². The monoisotopic (exact) mass is 395 g/mol. The van der Waals surface area contributed by atoms with Gasteiger partial charge in [0.25, 0.3) is 5.91 Å². The Morgan fingerprint density at radius 3 is 2.45 bits per heavy atom. The third-order valence-corrected chi connectivity index (χ3v) is 5.14. The molecule has 1 atom stereocenters. The number of allylic oxidation sites excluding steroid dienone is 1. The average molecular weight is 395 g/mol. The summed E-state index contributed by atoms with van der Waals surface area (Å²) in [7, 11) is 4.70. The summed E-state index contributed by atoms with van der Waals surface area (Å²) in [5.41, 5.74) is 3.30. The lowest BCUT2D eigenvalue weighted by Crippen LogP contribution is -2.46. The van der Waals surface area contributed by atoms with Crippen LogP contribution in [0.2, 0.25) is 0 Å². The highest BCUT2D eigenvalue weighted by Gasteiger charge is 2.36. The van der Waals surface area contributed by atoms with Gasteiger partial charge in [-0.15, -0.1) is 0 Å². The molecule has 0 fully saturated rings. The predicted molar refractivity (Wildman–Crippen MR) is 111 cm³/mol. The summed E-state index contributed by atoms with van der Waals surface area (Å²) in [6.07, 6.45) is 0. The number of rotatable bonds is 5. The van der Waals surface area contributed by atoms with Crippen molar-refractivity contribution in [2.75, 3.05) is 26.6 Å². The van der Waals surface area contributed by atoms with E-state index in [1.165, 1.54) is 12.0 Å². The molecule has 1 aliphatic rings. The van der Waals surface area contributed by atoms with Crippen LogP contribution in [-0.4, -0.2) is 38.1 Å². The quantitative estimate of drug-likeness (QED) is 0.810. The topological polar surface area (TPSA) is 79.9 Å². The van der Waals surface area contributed by atoms with Gasteiger partial charge in [0, 0.05) is 24.0 Å². The first-order valence-corrected chi connectivity index (χ1v) is 9.21. The highest BCUT2D eigenvalue weighted by atomic mass is 16.5. The molecule has 29 heavy (non-hydrogen) atoms. The van der Waals surface area contributed by atoms with Crippen LogP contribution in [0.3, 0.4) is 0 Å². The Morgan fingerprint density at radius 2 is 1.79 bits per heavy atom. The van der Waals surface area contributed by atoms with Crippen molar-refractivity contribution in [1.29, 1.82) is 0 Å². The molecule has 3 amide bonds. The maximum atomic E-state index is 13.3. The number of methoxy groups -OCH3 is 2. The SMILES string of the molecule is COc1cccc(C2NC(=O)N(C)C(C)=C2C(=O)Nc2ccccc2C)c1OC. The molecule has 0 spiro atoms. The maximum absolute atomic E-state index is 13.3. The van der Waals surface area contributed by atoms with Gasteiger partial charge in [0.2, 0.25) is 0 Å². The average Bonchev–Trinajstić information content (AvgIpc) is 2.72. The minimum Gasteiger partial charge on any atom is -0.493 e. The summed E-state index contributed by atoms with van der Waals surface area (Å²) in [4.78, 5) is 27.2. The zero-order chi connectivity index (χ0) is 21.1. The Labute approximate surface area is 170 Å². The van der Waals surface area contributed by atoms with Crippen molar-refractivity contribution in [3.8, 4) is 11.5 Å². The molecule has 1 unspecified atom stereocenters. The fourth-order valence-electron chi connectivity index (χ4n) is 3.41. The zero-order valence-electron chi connectivity index (χ0n) is 17.2. The largest absolute Gasteiger partial charge is 0.493 e. The van der Waals surface area contributed by atoms with Crippen LogP contribution in [-0.2, 0) is 4.79 Å². The first-order valence-electron chi connectivity index (χ1n) is 9.21. The Morgan fingerprint density at radius 1 is 1.07 bits per heavy atom. The van der Waals surface area contributed by atoms with Gasteiger partial charge in [-0.05, 0) is 31.5 Å². The number of benzene rings is 2. The van der Waals surface area contributed by atoms with Gasteiger partial charge in [-0.1, -0.05) is 30.3 Å². The number of para-hydroxylation sites is 2. The van der Waals surface area contributed by atoms with Crippen LogP contribution >= 0.6 is 0 Å². The van der Waals surface area contributed by atoms with E-state index in [1.807, 2.05) is 37.3 Å². The second-order valence-electron chi connectivity index (χ2n) is 6.79. The Bertz CT molecular complexity index is 984. The van der Waals surface area contributed by atoms with Gasteiger partial charge in [0.05, 0.1) is 25.8 Å². The lowest BCUT2D eigenvalue weighted by atomic mass is 9.93. The minimum atomic E-state index is -0.687. The maximum Gasteiger partial charge on any atom is 0.322 e. The molecule has 3 rings (SSSR count). The predicted octanol–water partition coefficient (Wildman–Crippen LogP) is 3.62. The van der Waals surface area contributed by atoms with E-state index in [0.29, 0.717) is 34.0 Å². The van der Waals surface area contributed by atoms with Crippen LogP contribution in [0.4, 0.5) is 10.5 Å². The number of aryl methyl sites for hydroxylation is 1. The summed E-state index contributed by atoms with van der Waals surface area (Å²) < 4.78 is 10.9. The Balaban J connectivity index is 2.10. The van der Waals surface area contributed by atoms with E-state index in [4.69, 9.17) is 9.47 Å².